The molecule has 7 nitrogen and oxygen atoms in total. The largest absolute Gasteiger partial charge is 0.352 e. The van der Waals surface area contributed by atoms with Crippen LogP contribution in [0.1, 0.15) is 38.4 Å². The smallest absolute Gasteiger partial charge is 0.261 e. The number of hydrogen-bond donors (Lipinski definition) is 2. The minimum atomic E-state index is -0.0964. The Labute approximate surface area is 181 Å². The standard InChI is InChI=1S/C22H31N5O2S/c1-14-18-8-17(20(28)23-9-15-4-6-26(2)12-15)11-25-22(18)30-19(14)21(29)24-10-16-5-7-27(3)13-16/h8,11,15-16H,4-7,9-10,12-13H2,1-3H3,(H,23,28)(H,24,29). The molecule has 4 heterocycles. The van der Waals surface area contributed by atoms with Gasteiger partial charge in [-0.15, -0.1) is 11.3 Å². The first-order valence-electron chi connectivity index (χ1n) is 10.7. The van der Waals surface area contributed by atoms with Gasteiger partial charge in [0.2, 0.25) is 0 Å². The highest BCUT2D eigenvalue weighted by Crippen LogP contribution is 2.30. The van der Waals surface area contributed by atoms with Crippen molar-refractivity contribution in [2.24, 2.45) is 11.8 Å². The van der Waals surface area contributed by atoms with E-state index in [2.05, 4.69) is 39.5 Å². The average Bonchev–Trinajstić information content (AvgIpc) is 3.43. The number of nitrogens with one attached hydrogen (secondary N) is 2. The van der Waals surface area contributed by atoms with Crippen LogP contribution in [-0.2, 0) is 0 Å². The van der Waals surface area contributed by atoms with Gasteiger partial charge in [0.25, 0.3) is 11.8 Å². The summed E-state index contributed by atoms with van der Waals surface area (Å²) < 4.78 is 0. The lowest BCUT2D eigenvalue weighted by molar-refractivity contribution is 0.0941. The maximum Gasteiger partial charge on any atom is 0.261 e. The first kappa shape index (κ1) is 21.2. The summed E-state index contributed by atoms with van der Waals surface area (Å²) in [6, 6.07) is 1.87. The number of amides is 2. The molecule has 2 amide bonds. The normalized spacial score (nSPS) is 22.6. The first-order valence-corrected chi connectivity index (χ1v) is 11.5. The number of pyridine rings is 1. The van der Waals surface area contributed by atoms with Gasteiger partial charge in [-0.25, -0.2) is 4.98 Å². The second kappa shape index (κ2) is 8.99. The van der Waals surface area contributed by atoms with Crippen LogP contribution in [0.2, 0.25) is 0 Å². The fraction of sp³-hybridized carbons (Fsp3) is 0.591. The predicted octanol–water partition coefficient (Wildman–Crippen LogP) is 1.97. The van der Waals surface area contributed by atoms with E-state index in [0.29, 0.717) is 35.4 Å². The Kier molecular flexibility index (Phi) is 6.36. The number of carbonyl (C=O) groups excluding carboxylic acids is 2. The summed E-state index contributed by atoms with van der Waals surface area (Å²) in [5.41, 5.74) is 1.45. The van der Waals surface area contributed by atoms with Crippen LogP contribution in [0.25, 0.3) is 10.2 Å². The van der Waals surface area contributed by atoms with E-state index >= 15 is 0 Å². The number of aryl methyl sites for hydroxylation is 1. The number of rotatable bonds is 6. The molecule has 0 saturated carbocycles. The van der Waals surface area contributed by atoms with E-state index in [0.717, 1.165) is 54.8 Å². The lowest BCUT2D eigenvalue weighted by Crippen LogP contribution is -2.30. The summed E-state index contributed by atoms with van der Waals surface area (Å²) in [5, 5.41) is 7.02. The quantitative estimate of drug-likeness (QED) is 0.734. The molecule has 0 radical (unpaired) electrons. The van der Waals surface area contributed by atoms with Gasteiger partial charge in [0, 0.05) is 37.8 Å². The molecular formula is C22H31N5O2S. The van der Waals surface area contributed by atoms with Gasteiger partial charge in [-0.05, 0) is 70.4 Å². The molecule has 2 aromatic heterocycles. The molecule has 0 spiro atoms. The molecule has 8 heteroatoms. The molecule has 2 aliphatic rings. The number of thiophene rings is 1. The van der Waals surface area contributed by atoms with Crippen LogP contribution in [-0.4, -0.2) is 80.0 Å². The van der Waals surface area contributed by atoms with Gasteiger partial charge in [-0.1, -0.05) is 0 Å². The van der Waals surface area contributed by atoms with Crippen LogP contribution in [0.3, 0.4) is 0 Å². The number of aromatic nitrogens is 1. The van der Waals surface area contributed by atoms with Crippen molar-refractivity contribution < 1.29 is 9.59 Å². The topological polar surface area (TPSA) is 77.6 Å². The Morgan fingerprint density at radius 3 is 2.23 bits per heavy atom. The molecule has 0 aliphatic carbocycles. The summed E-state index contributed by atoms with van der Waals surface area (Å²) in [7, 11) is 4.22. The van der Waals surface area contributed by atoms with Crippen molar-refractivity contribution in [3.8, 4) is 0 Å². The molecule has 2 N–H and O–H groups in total. The summed E-state index contributed by atoms with van der Waals surface area (Å²) in [6.45, 7) is 7.57. The third-order valence-corrected chi connectivity index (χ3v) is 7.56. The summed E-state index contributed by atoms with van der Waals surface area (Å²) in [6.07, 6.45) is 3.86. The monoisotopic (exact) mass is 429 g/mol. The molecule has 4 rings (SSSR count). The van der Waals surface area contributed by atoms with Crippen LogP contribution >= 0.6 is 11.3 Å². The molecule has 30 heavy (non-hydrogen) atoms. The Morgan fingerprint density at radius 1 is 1.07 bits per heavy atom. The van der Waals surface area contributed by atoms with Gasteiger partial charge in [-0.2, -0.15) is 0 Å². The molecule has 2 atom stereocenters. The zero-order valence-electron chi connectivity index (χ0n) is 18.0. The molecule has 0 aromatic carbocycles. The van der Waals surface area contributed by atoms with Crippen LogP contribution in [0, 0.1) is 18.8 Å². The third-order valence-electron chi connectivity index (χ3n) is 6.34. The molecule has 2 fully saturated rings. The lowest BCUT2D eigenvalue weighted by Gasteiger charge is -2.11. The Hall–Kier alpha value is -2.03. The van der Waals surface area contributed by atoms with Gasteiger partial charge in [-0.3, -0.25) is 9.59 Å². The van der Waals surface area contributed by atoms with Crippen molar-refractivity contribution in [1.29, 1.82) is 0 Å². The Bertz CT molecular complexity index is 943. The summed E-state index contributed by atoms with van der Waals surface area (Å²) >= 11 is 1.40. The van der Waals surface area contributed by atoms with Crippen molar-refractivity contribution >= 4 is 33.4 Å². The van der Waals surface area contributed by atoms with E-state index < -0.39 is 0 Å². The van der Waals surface area contributed by atoms with Crippen molar-refractivity contribution in [2.75, 3.05) is 53.4 Å². The molecule has 2 unspecified atom stereocenters. The number of carbonyl (C=O) groups is 2. The van der Waals surface area contributed by atoms with Crippen LogP contribution in [0.4, 0.5) is 0 Å². The molecule has 2 saturated heterocycles. The zero-order chi connectivity index (χ0) is 21.3. The number of hydrogen-bond acceptors (Lipinski definition) is 6. The van der Waals surface area contributed by atoms with Gasteiger partial charge in [0.05, 0.1) is 10.4 Å². The Balaban J connectivity index is 1.41. The number of nitrogens with zero attached hydrogens (tertiary/aromatic N) is 3. The number of fused-ring (bicyclic) bond motifs is 1. The van der Waals surface area contributed by atoms with Crippen molar-refractivity contribution in [2.45, 2.75) is 19.8 Å². The Morgan fingerprint density at radius 2 is 1.67 bits per heavy atom. The van der Waals surface area contributed by atoms with Crippen LogP contribution in [0.15, 0.2) is 12.3 Å². The highest BCUT2D eigenvalue weighted by Gasteiger charge is 2.23. The fourth-order valence-corrected chi connectivity index (χ4v) is 5.53. The van der Waals surface area contributed by atoms with Gasteiger partial charge in [0.15, 0.2) is 0 Å². The third kappa shape index (κ3) is 4.66. The summed E-state index contributed by atoms with van der Waals surface area (Å²) in [5.74, 6) is 0.887. The molecule has 0 bridgehead atoms. The second-order valence-corrected chi connectivity index (χ2v) is 9.89. The maximum atomic E-state index is 12.7. The average molecular weight is 430 g/mol. The van der Waals surface area contributed by atoms with E-state index in [-0.39, 0.29) is 11.8 Å². The predicted molar refractivity (Wildman–Crippen MR) is 120 cm³/mol. The van der Waals surface area contributed by atoms with E-state index in [4.69, 9.17) is 0 Å². The summed E-state index contributed by atoms with van der Waals surface area (Å²) in [4.78, 5) is 35.9. The number of likely N-dealkylation sites (tertiary alicyclic amines) is 2. The SMILES string of the molecule is Cc1c(C(=O)NCC2CCN(C)C2)sc2ncc(C(=O)NCC3CCN(C)C3)cc12. The maximum absolute atomic E-state index is 12.7. The first-order chi connectivity index (χ1) is 14.4. The van der Waals surface area contributed by atoms with E-state index in [1.807, 2.05) is 13.0 Å². The van der Waals surface area contributed by atoms with E-state index in [1.54, 1.807) is 6.20 Å². The lowest BCUT2D eigenvalue weighted by atomic mass is 10.1. The molecule has 2 aliphatic heterocycles. The second-order valence-electron chi connectivity index (χ2n) is 8.89. The highest BCUT2D eigenvalue weighted by atomic mass is 32.1. The van der Waals surface area contributed by atoms with Crippen molar-refractivity contribution in [3.05, 3.63) is 28.3 Å². The van der Waals surface area contributed by atoms with Crippen molar-refractivity contribution in [1.82, 2.24) is 25.4 Å². The zero-order valence-corrected chi connectivity index (χ0v) is 18.8. The highest BCUT2D eigenvalue weighted by molar-refractivity contribution is 7.20. The molecule has 2 aromatic rings. The van der Waals surface area contributed by atoms with Crippen LogP contribution < -0.4 is 10.6 Å². The fourth-order valence-electron chi connectivity index (χ4n) is 4.48. The minimum Gasteiger partial charge on any atom is -0.352 e. The van der Waals surface area contributed by atoms with E-state index in [9.17, 15) is 9.59 Å². The van der Waals surface area contributed by atoms with Crippen LogP contribution in [0.5, 0.6) is 0 Å². The van der Waals surface area contributed by atoms with E-state index in [1.165, 1.54) is 11.3 Å². The molecule has 162 valence electrons. The van der Waals surface area contributed by atoms with Crippen molar-refractivity contribution in [3.63, 3.8) is 0 Å². The van der Waals surface area contributed by atoms with Gasteiger partial charge in [0.1, 0.15) is 4.83 Å². The minimum absolute atomic E-state index is 0.0404. The van der Waals surface area contributed by atoms with Gasteiger partial charge < -0.3 is 20.4 Å². The van der Waals surface area contributed by atoms with Gasteiger partial charge >= 0.3 is 0 Å². The molecular weight excluding hydrogens is 398 g/mol.